The van der Waals surface area contributed by atoms with Crippen LogP contribution in [0.3, 0.4) is 0 Å². The summed E-state index contributed by atoms with van der Waals surface area (Å²) >= 11 is 0. The van der Waals surface area contributed by atoms with Gasteiger partial charge in [0.15, 0.2) is 0 Å². The quantitative estimate of drug-likeness (QED) is 0.714. The van der Waals surface area contributed by atoms with Gasteiger partial charge in [-0.1, -0.05) is 18.2 Å². The summed E-state index contributed by atoms with van der Waals surface area (Å²) in [5.74, 6) is -0.555. The number of anilines is 1. The third-order valence-corrected chi connectivity index (χ3v) is 7.09. The maximum absolute atomic E-state index is 12.9. The molecule has 1 aliphatic heterocycles. The SMILES string of the molecule is Cc1ccc(S(=O)(=O)N(C)C)cc1NC(=O)c1cn2c3c(cccc3c1=O)CC2. The Kier molecular flexibility index (Phi) is 4.55. The van der Waals surface area contributed by atoms with Gasteiger partial charge in [0.2, 0.25) is 15.5 Å². The Morgan fingerprint density at radius 3 is 2.66 bits per heavy atom. The van der Waals surface area contributed by atoms with Crippen molar-refractivity contribution in [2.24, 2.45) is 0 Å². The highest BCUT2D eigenvalue weighted by atomic mass is 32.2. The van der Waals surface area contributed by atoms with E-state index in [0.717, 1.165) is 21.8 Å². The summed E-state index contributed by atoms with van der Waals surface area (Å²) in [6.07, 6.45) is 2.41. The van der Waals surface area contributed by atoms with Gasteiger partial charge in [0.1, 0.15) is 5.56 Å². The number of carbonyl (C=O) groups is 1. The molecule has 0 atom stereocenters. The Hall–Kier alpha value is -2.97. The monoisotopic (exact) mass is 411 g/mol. The van der Waals surface area contributed by atoms with E-state index in [2.05, 4.69) is 5.32 Å². The van der Waals surface area contributed by atoms with Gasteiger partial charge in [-0.05, 0) is 42.7 Å². The average molecular weight is 411 g/mol. The van der Waals surface area contributed by atoms with E-state index in [1.165, 1.54) is 26.2 Å². The number of nitrogens with one attached hydrogen (secondary N) is 1. The molecule has 0 bridgehead atoms. The van der Waals surface area contributed by atoms with Gasteiger partial charge >= 0.3 is 0 Å². The number of hydrogen-bond donors (Lipinski definition) is 1. The molecular weight excluding hydrogens is 390 g/mol. The molecule has 4 rings (SSSR count). The van der Waals surface area contributed by atoms with E-state index in [1.807, 2.05) is 16.7 Å². The van der Waals surface area contributed by atoms with E-state index in [-0.39, 0.29) is 15.9 Å². The molecule has 1 N–H and O–H groups in total. The first-order chi connectivity index (χ1) is 13.7. The van der Waals surface area contributed by atoms with Crippen molar-refractivity contribution >= 4 is 32.5 Å². The highest BCUT2D eigenvalue weighted by molar-refractivity contribution is 7.89. The van der Waals surface area contributed by atoms with Crippen molar-refractivity contribution in [2.75, 3.05) is 19.4 Å². The Morgan fingerprint density at radius 1 is 1.17 bits per heavy atom. The lowest BCUT2D eigenvalue weighted by Gasteiger charge is -2.15. The number of nitrogens with zero attached hydrogens (tertiary/aromatic N) is 2. The third kappa shape index (κ3) is 3.14. The summed E-state index contributed by atoms with van der Waals surface area (Å²) in [5.41, 5.74) is 2.74. The van der Waals surface area contributed by atoms with Gasteiger partial charge in [-0.3, -0.25) is 9.59 Å². The van der Waals surface area contributed by atoms with Crippen molar-refractivity contribution in [3.8, 4) is 0 Å². The largest absolute Gasteiger partial charge is 0.346 e. The van der Waals surface area contributed by atoms with Crippen LogP contribution in [-0.4, -0.2) is 37.3 Å². The van der Waals surface area contributed by atoms with Gasteiger partial charge in [0.05, 0.1) is 10.4 Å². The number of carbonyl (C=O) groups excluding carboxylic acids is 1. The molecule has 1 aliphatic rings. The molecule has 2 heterocycles. The number of benzene rings is 2. The number of para-hydroxylation sites is 1. The van der Waals surface area contributed by atoms with Gasteiger partial charge in [-0.2, -0.15) is 0 Å². The van der Waals surface area contributed by atoms with Crippen molar-refractivity contribution in [1.82, 2.24) is 8.87 Å². The molecule has 7 nitrogen and oxygen atoms in total. The van der Waals surface area contributed by atoms with Crippen LogP contribution in [0.2, 0.25) is 0 Å². The molecule has 0 fully saturated rings. The molecule has 1 amide bonds. The summed E-state index contributed by atoms with van der Waals surface area (Å²) in [5, 5.41) is 3.24. The van der Waals surface area contributed by atoms with Gasteiger partial charge in [0, 0.05) is 37.9 Å². The Morgan fingerprint density at radius 2 is 1.93 bits per heavy atom. The molecule has 0 unspecified atom stereocenters. The fourth-order valence-corrected chi connectivity index (χ4v) is 4.54. The third-order valence-electron chi connectivity index (χ3n) is 5.28. The van der Waals surface area contributed by atoms with E-state index in [9.17, 15) is 18.0 Å². The Labute approximate surface area is 168 Å². The van der Waals surface area contributed by atoms with Crippen molar-refractivity contribution in [1.29, 1.82) is 0 Å². The van der Waals surface area contributed by atoms with Gasteiger partial charge in [-0.25, -0.2) is 12.7 Å². The number of sulfonamides is 1. The number of amides is 1. The van der Waals surface area contributed by atoms with Crippen LogP contribution >= 0.6 is 0 Å². The first-order valence-electron chi connectivity index (χ1n) is 9.20. The second kappa shape index (κ2) is 6.82. The number of rotatable bonds is 4. The summed E-state index contributed by atoms with van der Waals surface area (Å²) in [6, 6.07) is 10.1. The van der Waals surface area contributed by atoms with Crippen LogP contribution in [0.15, 0.2) is 52.3 Å². The molecule has 0 spiro atoms. The van der Waals surface area contributed by atoms with Gasteiger partial charge in [-0.15, -0.1) is 0 Å². The van der Waals surface area contributed by atoms with Gasteiger partial charge < -0.3 is 9.88 Å². The van der Waals surface area contributed by atoms with E-state index in [1.54, 1.807) is 25.3 Å². The van der Waals surface area contributed by atoms with Crippen molar-refractivity contribution in [3.05, 3.63) is 69.5 Å². The molecule has 29 heavy (non-hydrogen) atoms. The molecule has 150 valence electrons. The van der Waals surface area contributed by atoms with Crippen LogP contribution in [0.25, 0.3) is 10.9 Å². The van der Waals surface area contributed by atoms with Crippen molar-refractivity contribution < 1.29 is 13.2 Å². The van der Waals surface area contributed by atoms with Crippen LogP contribution in [-0.2, 0) is 23.0 Å². The Balaban J connectivity index is 1.75. The predicted octanol–water partition coefficient (Wildman–Crippen LogP) is 2.37. The number of aromatic nitrogens is 1. The normalized spacial score (nSPS) is 13.2. The number of aryl methyl sites for hydroxylation is 3. The fourth-order valence-electron chi connectivity index (χ4n) is 3.62. The lowest BCUT2D eigenvalue weighted by molar-refractivity contribution is 0.102. The van der Waals surface area contributed by atoms with Crippen LogP contribution in [0.1, 0.15) is 21.5 Å². The molecule has 0 saturated carbocycles. The molecule has 8 heteroatoms. The smallest absolute Gasteiger partial charge is 0.261 e. The Bertz CT molecular complexity index is 1320. The van der Waals surface area contributed by atoms with E-state index < -0.39 is 15.9 Å². The molecule has 2 aromatic carbocycles. The van der Waals surface area contributed by atoms with E-state index in [0.29, 0.717) is 23.2 Å². The van der Waals surface area contributed by atoms with Crippen LogP contribution in [0.4, 0.5) is 5.69 Å². The van der Waals surface area contributed by atoms with Crippen LogP contribution < -0.4 is 10.7 Å². The molecule has 1 aromatic heterocycles. The second-order valence-corrected chi connectivity index (χ2v) is 9.50. The topological polar surface area (TPSA) is 88.5 Å². The maximum Gasteiger partial charge on any atom is 0.261 e. The lowest BCUT2D eigenvalue weighted by Crippen LogP contribution is -2.24. The molecular formula is C21H21N3O4S. The minimum atomic E-state index is -3.64. The summed E-state index contributed by atoms with van der Waals surface area (Å²) < 4.78 is 27.8. The minimum Gasteiger partial charge on any atom is -0.346 e. The van der Waals surface area contributed by atoms with E-state index >= 15 is 0 Å². The summed E-state index contributed by atoms with van der Waals surface area (Å²) in [4.78, 5) is 25.9. The van der Waals surface area contributed by atoms with E-state index in [4.69, 9.17) is 0 Å². The van der Waals surface area contributed by atoms with Crippen molar-refractivity contribution in [3.63, 3.8) is 0 Å². The molecule has 0 saturated heterocycles. The molecule has 0 radical (unpaired) electrons. The zero-order valence-corrected chi connectivity index (χ0v) is 17.2. The highest BCUT2D eigenvalue weighted by Gasteiger charge is 2.22. The lowest BCUT2D eigenvalue weighted by atomic mass is 10.1. The zero-order chi connectivity index (χ0) is 20.9. The first-order valence-corrected chi connectivity index (χ1v) is 10.6. The molecule has 0 aliphatic carbocycles. The second-order valence-electron chi connectivity index (χ2n) is 7.35. The van der Waals surface area contributed by atoms with Crippen LogP contribution in [0, 0.1) is 6.92 Å². The maximum atomic E-state index is 12.9. The zero-order valence-electron chi connectivity index (χ0n) is 16.4. The van der Waals surface area contributed by atoms with Gasteiger partial charge in [0.25, 0.3) is 5.91 Å². The number of pyridine rings is 1. The molecule has 3 aromatic rings. The minimum absolute atomic E-state index is 0.0387. The summed E-state index contributed by atoms with van der Waals surface area (Å²) in [7, 11) is -0.751. The first kappa shape index (κ1) is 19.4. The standard InChI is InChI=1S/C21H21N3O4S/c1-13-7-8-15(29(27,28)23(2)3)11-18(13)22-21(26)17-12-24-10-9-14-5-4-6-16(19(14)24)20(17)25/h4-8,11-12H,9-10H2,1-3H3,(H,22,26). The predicted molar refractivity (Wildman–Crippen MR) is 112 cm³/mol. The summed E-state index contributed by atoms with van der Waals surface area (Å²) in [6.45, 7) is 2.48. The van der Waals surface area contributed by atoms with Crippen molar-refractivity contribution in [2.45, 2.75) is 24.8 Å². The highest BCUT2D eigenvalue weighted by Crippen LogP contribution is 2.25. The van der Waals surface area contributed by atoms with Crippen LogP contribution in [0.5, 0.6) is 0 Å². The number of hydrogen-bond acceptors (Lipinski definition) is 4. The average Bonchev–Trinajstić information content (AvgIpc) is 3.10. The fraction of sp³-hybridized carbons (Fsp3) is 0.238.